The fourth-order valence-corrected chi connectivity index (χ4v) is 5.73. The van der Waals surface area contributed by atoms with Gasteiger partial charge in [-0.25, -0.2) is 4.98 Å². The van der Waals surface area contributed by atoms with E-state index in [1.54, 1.807) is 7.11 Å². The molecule has 2 aliphatic carbocycles. The molecule has 1 aromatic heterocycles. The first-order chi connectivity index (χ1) is 12.6. The van der Waals surface area contributed by atoms with Gasteiger partial charge in [0.25, 0.3) is 5.91 Å². The molecule has 2 aliphatic rings. The number of thiazole rings is 1. The van der Waals surface area contributed by atoms with E-state index in [4.69, 9.17) is 4.74 Å². The molecule has 1 N–H and O–H groups in total. The Morgan fingerprint density at radius 2 is 1.85 bits per heavy atom. The summed E-state index contributed by atoms with van der Waals surface area (Å²) in [7, 11) is 1.69. The van der Waals surface area contributed by atoms with Crippen molar-refractivity contribution < 1.29 is 9.53 Å². The summed E-state index contributed by atoms with van der Waals surface area (Å²) >= 11 is 1.49. The van der Waals surface area contributed by atoms with E-state index in [2.05, 4.69) is 22.4 Å². The SMILES string of the molecule is COc1ccc([C@H]2C3CCCCC3[C@@H]2NC(=O)c2sc(C)nc2C)cc1. The van der Waals surface area contributed by atoms with Crippen molar-refractivity contribution in [1.29, 1.82) is 0 Å². The Morgan fingerprint density at radius 1 is 1.15 bits per heavy atom. The predicted molar refractivity (Wildman–Crippen MR) is 104 cm³/mol. The number of methoxy groups -OCH3 is 1. The lowest BCUT2D eigenvalue weighted by Crippen LogP contribution is -2.59. The Kier molecular flexibility index (Phi) is 4.74. The number of aromatic nitrogens is 1. The van der Waals surface area contributed by atoms with Gasteiger partial charge in [-0.1, -0.05) is 25.0 Å². The zero-order valence-corrected chi connectivity index (χ0v) is 16.4. The van der Waals surface area contributed by atoms with Crippen molar-refractivity contribution in [3.05, 3.63) is 45.4 Å². The summed E-state index contributed by atoms with van der Waals surface area (Å²) < 4.78 is 5.30. The lowest BCUT2D eigenvalue weighted by Gasteiger charge is -2.55. The van der Waals surface area contributed by atoms with Gasteiger partial charge in [-0.05, 0) is 56.2 Å². The minimum Gasteiger partial charge on any atom is -0.497 e. The highest BCUT2D eigenvalue weighted by Gasteiger charge is 2.51. The summed E-state index contributed by atoms with van der Waals surface area (Å²) in [5.74, 6) is 2.62. The Morgan fingerprint density at radius 3 is 2.46 bits per heavy atom. The largest absolute Gasteiger partial charge is 0.497 e. The van der Waals surface area contributed by atoms with Crippen molar-refractivity contribution in [3.8, 4) is 5.75 Å². The summed E-state index contributed by atoms with van der Waals surface area (Å²) in [6, 6.07) is 8.61. The first-order valence-corrected chi connectivity index (χ1v) is 10.3. The molecular weight excluding hydrogens is 344 g/mol. The topological polar surface area (TPSA) is 51.2 Å². The van der Waals surface area contributed by atoms with Gasteiger partial charge in [0.05, 0.1) is 17.8 Å². The van der Waals surface area contributed by atoms with E-state index in [-0.39, 0.29) is 11.9 Å². The lowest BCUT2D eigenvalue weighted by atomic mass is 9.53. The fourth-order valence-electron chi connectivity index (χ4n) is 4.90. The third-order valence-electron chi connectivity index (χ3n) is 6.09. The summed E-state index contributed by atoms with van der Waals surface area (Å²) in [5, 5.41) is 4.31. The first-order valence-electron chi connectivity index (χ1n) is 9.47. The Bertz CT molecular complexity index is 799. The van der Waals surface area contributed by atoms with E-state index in [9.17, 15) is 4.79 Å². The highest BCUT2D eigenvalue weighted by atomic mass is 32.1. The molecule has 26 heavy (non-hydrogen) atoms. The number of amides is 1. The van der Waals surface area contributed by atoms with Crippen LogP contribution in [0.4, 0.5) is 0 Å². The molecule has 0 bridgehead atoms. The summed E-state index contributed by atoms with van der Waals surface area (Å²) in [4.78, 5) is 18.0. The number of nitrogens with one attached hydrogen (secondary N) is 1. The molecule has 138 valence electrons. The van der Waals surface area contributed by atoms with Gasteiger partial charge in [0.2, 0.25) is 0 Å². The third-order valence-corrected chi connectivity index (χ3v) is 7.16. The first kappa shape index (κ1) is 17.5. The molecule has 4 atom stereocenters. The number of hydrogen-bond acceptors (Lipinski definition) is 4. The summed E-state index contributed by atoms with van der Waals surface area (Å²) in [5.41, 5.74) is 2.15. The average Bonchev–Trinajstić information content (AvgIpc) is 2.99. The van der Waals surface area contributed by atoms with Crippen molar-refractivity contribution in [2.75, 3.05) is 7.11 Å². The minimum atomic E-state index is 0.0423. The van der Waals surface area contributed by atoms with Crippen LogP contribution in [0.5, 0.6) is 5.75 Å². The minimum absolute atomic E-state index is 0.0423. The van der Waals surface area contributed by atoms with Crippen LogP contribution in [0.1, 0.15) is 57.5 Å². The molecule has 2 saturated carbocycles. The normalized spacial score (nSPS) is 27.3. The third kappa shape index (κ3) is 3.02. The second-order valence-corrected chi connectivity index (χ2v) is 8.76. The van der Waals surface area contributed by atoms with Crippen LogP contribution in [0.3, 0.4) is 0 Å². The van der Waals surface area contributed by atoms with Gasteiger partial charge in [-0.15, -0.1) is 11.3 Å². The molecule has 4 rings (SSSR count). The van der Waals surface area contributed by atoms with Crippen LogP contribution in [0.15, 0.2) is 24.3 Å². The van der Waals surface area contributed by atoms with E-state index in [1.807, 2.05) is 26.0 Å². The highest BCUT2D eigenvalue weighted by molar-refractivity contribution is 7.13. The molecular formula is C21H26N2O2S. The maximum Gasteiger partial charge on any atom is 0.263 e. The Balaban J connectivity index is 1.57. The molecule has 1 aromatic carbocycles. The number of benzene rings is 1. The molecule has 5 heteroatoms. The number of carbonyl (C=O) groups is 1. The van der Waals surface area contributed by atoms with E-state index in [0.717, 1.165) is 21.3 Å². The molecule has 0 spiro atoms. The molecule has 1 amide bonds. The van der Waals surface area contributed by atoms with Crippen molar-refractivity contribution >= 4 is 17.2 Å². The molecule has 2 unspecified atom stereocenters. The predicted octanol–water partition coefficient (Wildman–Crippen LogP) is 4.47. The van der Waals surface area contributed by atoms with Crippen LogP contribution in [0, 0.1) is 25.7 Å². The number of rotatable bonds is 4. The number of hydrogen-bond donors (Lipinski definition) is 1. The highest BCUT2D eigenvalue weighted by Crippen LogP contribution is 2.54. The second kappa shape index (κ2) is 7.03. The molecule has 2 fully saturated rings. The van der Waals surface area contributed by atoms with Gasteiger partial charge < -0.3 is 10.1 Å². The zero-order valence-electron chi connectivity index (χ0n) is 15.6. The molecule has 2 aromatic rings. The molecule has 4 nitrogen and oxygen atoms in total. The van der Waals surface area contributed by atoms with E-state index in [1.165, 1.54) is 42.6 Å². The number of nitrogens with zero attached hydrogens (tertiary/aromatic N) is 1. The monoisotopic (exact) mass is 370 g/mol. The van der Waals surface area contributed by atoms with Gasteiger partial charge in [-0.2, -0.15) is 0 Å². The van der Waals surface area contributed by atoms with Crippen LogP contribution in [-0.4, -0.2) is 24.0 Å². The van der Waals surface area contributed by atoms with Crippen molar-refractivity contribution in [3.63, 3.8) is 0 Å². The van der Waals surface area contributed by atoms with E-state index < -0.39 is 0 Å². The maximum absolute atomic E-state index is 12.9. The number of carbonyl (C=O) groups excluding carboxylic acids is 1. The quantitative estimate of drug-likeness (QED) is 0.864. The lowest BCUT2D eigenvalue weighted by molar-refractivity contribution is 0.0253. The van der Waals surface area contributed by atoms with Crippen LogP contribution < -0.4 is 10.1 Å². The number of fused-ring (bicyclic) bond motifs is 1. The number of ether oxygens (including phenoxy) is 1. The fraction of sp³-hybridized carbons (Fsp3) is 0.524. The molecule has 0 radical (unpaired) electrons. The molecule has 0 saturated heterocycles. The molecule has 1 heterocycles. The van der Waals surface area contributed by atoms with Crippen molar-refractivity contribution in [1.82, 2.24) is 10.3 Å². The van der Waals surface area contributed by atoms with Gasteiger partial charge >= 0.3 is 0 Å². The van der Waals surface area contributed by atoms with Crippen LogP contribution in [0.2, 0.25) is 0 Å². The summed E-state index contributed by atoms with van der Waals surface area (Å²) in [6.45, 7) is 3.87. The maximum atomic E-state index is 12.9. The van der Waals surface area contributed by atoms with Crippen molar-refractivity contribution in [2.24, 2.45) is 11.8 Å². The Hall–Kier alpha value is -1.88. The van der Waals surface area contributed by atoms with Crippen LogP contribution in [-0.2, 0) is 0 Å². The van der Waals surface area contributed by atoms with Gasteiger partial charge in [-0.3, -0.25) is 4.79 Å². The van der Waals surface area contributed by atoms with Crippen molar-refractivity contribution in [2.45, 2.75) is 51.5 Å². The zero-order chi connectivity index (χ0) is 18.3. The van der Waals surface area contributed by atoms with E-state index in [0.29, 0.717) is 17.8 Å². The smallest absolute Gasteiger partial charge is 0.263 e. The van der Waals surface area contributed by atoms with Crippen LogP contribution in [0.25, 0.3) is 0 Å². The van der Waals surface area contributed by atoms with Gasteiger partial charge in [0.15, 0.2) is 0 Å². The second-order valence-electron chi connectivity index (χ2n) is 7.56. The van der Waals surface area contributed by atoms with Gasteiger partial charge in [0.1, 0.15) is 10.6 Å². The standard InChI is InChI=1S/C21H26N2O2S/c1-12-20(26-13(2)22-12)21(24)23-19-17-7-5-4-6-16(17)18(19)14-8-10-15(25-3)11-9-14/h8-11,16-19H,4-7H2,1-3H3,(H,23,24)/t16?,17?,18-,19-/m0/s1. The molecule has 0 aliphatic heterocycles. The number of aryl methyl sites for hydroxylation is 2. The van der Waals surface area contributed by atoms with E-state index >= 15 is 0 Å². The van der Waals surface area contributed by atoms with Crippen LogP contribution >= 0.6 is 11.3 Å². The van der Waals surface area contributed by atoms with Gasteiger partial charge in [0, 0.05) is 12.0 Å². The average molecular weight is 371 g/mol. The Labute approximate surface area is 159 Å². The summed E-state index contributed by atoms with van der Waals surface area (Å²) in [6.07, 6.45) is 5.08.